The molecule has 0 spiro atoms. The van der Waals surface area contributed by atoms with Gasteiger partial charge in [-0.25, -0.2) is 0 Å². The molecule has 0 radical (unpaired) electrons. The van der Waals surface area contributed by atoms with Crippen LogP contribution >= 0.6 is 11.8 Å². The molecule has 1 aromatic heterocycles. The molecule has 1 atom stereocenters. The smallest absolute Gasteiger partial charge is 0.171 e. The number of carbonyl (C=O) groups excluding carboxylic acids is 1. The Hall–Kier alpha value is -0.770. The van der Waals surface area contributed by atoms with Gasteiger partial charge in [0.15, 0.2) is 6.29 Å². The van der Waals surface area contributed by atoms with Gasteiger partial charge in [0, 0.05) is 17.7 Å². The molecule has 0 saturated carbocycles. The molecule has 1 aliphatic rings. The molecule has 0 N–H and O–H groups in total. The van der Waals surface area contributed by atoms with Gasteiger partial charge < -0.3 is 4.52 Å². The quantitative estimate of drug-likeness (QED) is 0.681. The number of hydrogen-bond donors (Lipinski definition) is 0. The summed E-state index contributed by atoms with van der Waals surface area (Å²) in [5.74, 6) is 3.66. The van der Waals surface area contributed by atoms with Gasteiger partial charge in [0.2, 0.25) is 0 Å². The van der Waals surface area contributed by atoms with Gasteiger partial charge in [-0.2, -0.15) is 11.8 Å². The highest BCUT2D eigenvalue weighted by Gasteiger charge is 2.19. The van der Waals surface area contributed by atoms with Crippen molar-refractivity contribution in [3.63, 3.8) is 0 Å². The Morgan fingerprint density at radius 3 is 3.23 bits per heavy atom. The Bertz CT molecular complexity index is 292. The average molecular weight is 197 g/mol. The molecule has 0 aliphatic carbocycles. The topological polar surface area (TPSA) is 43.1 Å². The second kappa shape index (κ2) is 3.96. The van der Waals surface area contributed by atoms with Gasteiger partial charge in [-0.1, -0.05) is 5.16 Å². The molecule has 1 aromatic rings. The molecule has 0 bridgehead atoms. The molecule has 1 unspecified atom stereocenters. The Kier molecular flexibility index (Phi) is 2.68. The van der Waals surface area contributed by atoms with Gasteiger partial charge in [0.25, 0.3) is 0 Å². The lowest BCUT2D eigenvalue weighted by molar-refractivity contribution is 0.111. The number of carbonyl (C=O) groups is 1. The van der Waals surface area contributed by atoms with Crippen LogP contribution in [0.4, 0.5) is 0 Å². The maximum Gasteiger partial charge on any atom is 0.171 e. The van der Waals surface area contributed by atoms with E-state index in [1.165, 1.54) is 12.2 Å². The third-order valence-corrected chi connectivity index (χ3v) is 3.45. The second-order valence-corrected chi connectivity index (χ2v) is 4.34. The minimum Gasteiger partial charge on any atom is -0.360 e. The fourth-order valence-electron chi connectivity index (χ4n) is 1.52. The van der Waals surface area contributed by atoms with Crippen molar-refractivity contribution in [1.82, 2.24) is 5.16 Å². The van der Waals surface area contributed by atoms with E-state index in [9.17, 15) is 4.79 Å². The van der Waals surface area contributed by atoms with Crippen LogP contribution in [-0.2, 0) is 0 Å². The van der Waals surface area contributed by atoms with Crippen LogP contribution in [0.15, 0.2) is 10.6 Å². The predicted octanol–water partition coefficient (Wildman–Crippen LogP) is 2.10. The Balaban J connectivity index is 2.09. The van der Waals surface area contributed by atoms with Crippen molar-refractivity contribution in [2.75, 3.05) is 11.5 Å². The minimum absolute atomic E-state index is 0.408. The van der Waals surface area contributed by atoms with Crippen molar-refractivity contribution in [2.45, 2.75) is 18.8 Å². The normalized spacial score (nSPS) is 22.9. The first-order chi connectivity index (χ1) is 6.40. The first-order valence-electron chi connectivity index (χ1n) is 4.39. The molecule has 4 heteroatoms. The molecule has 1 aliphatic heterocycles. The molecule has 3 nitrogen and oxygen atoms in total. The third kappa shape index (κ3) is 1.94. The van der Waals surface area contributed by atoms with Crippen LogP contribution in [0.5, 0.6) is 0 Å². The summed E-state index contributed by atoms with van der Waals surface area (Å²) < 4.78 is 5.10. The van der Waals surface area contributed by atoms with E-state index in [1.54, 1.807) is 6.07 Å². The zero-order valence-electron chi connectivity index (χ0n) is 7.23. The number of rotatable bonds is 2. The van der Waals surface area contributed by atoms with E-state index in [0.29, 0.717) is 11.6 Å². The number of hydrogen-bond acceptors (Lipinski definition) is 4. The Labute approximate surface area is 80.9 Å². The summed E-state index contributed by atoms with van der Waals surface area (Å²) in [5.41, 5.74) is 0.408. The van der Waals surface area contributed by atoms with Crippen LogP contribution in [0.25, 0.3) is 0 Å². The summed E-state index contributed by atoms with van der Waals surface area (Å²) >= 11 is 1.94. The van der Waals surface area contributed by atoms with Crippen LogP contribution in [0.2, 0.25) is 0 Å². The van der Waals surface area contributed by atoms with E-state index in [4.69, 9.17) is 4.52 Å². The SMILES string of the molecule is O=Cc1cc(C2CCCSC2)on1. The van der Waals surface area contributed by atoms with Crippen molar-refractivity contribution in [2.24, 2.45) is 0 Å². The Morgan fingerprint density at radius 1 is 1.69 bits per heavy atom. The molecule has 13 heavy (non-hydrogen) atoms. The fourth-order valence-corrected chi connectivity index (χ4v) is 2.67. The van der Waals surface area contributed by atoms with Crippen molar-refractivity contribution < 1.29 is 9.32 Å². The Morgan fingerprint density at radius 2 is 2.62 bits per heavy atom. The molecule has 2 heterocycles. The summed E-state index contributed by atoms with van der Waals surface area (Å²) in [4.78, 5) is 10.4. The maximum absolute atomic E-state index is 10.4. The van der Waals surface area contributed by atoms with Crippen molar-refractivity contribution in [1.29, 1.82) is 0 Å². The molecular formula is C9H11NO2S. The summed E-state index contributed by atoms with van der Waals surface area (Å²) in [7, 11) is 0. The number of aromatic nitrogens is 1. The van der Waals surface area contributed by atoms with Gasteiger partial charge in [-0.15, -0.1) is 0 Å². The van der Waals surface area contributed by atoms with E-state index in [0.717, 1.165) is 24.2 Å². The third-order valence-electron chi connectivity index (χ3n) is 2.23. The molecule has 1 saturated heterocycles. The number of nitrogens with zero attached hydrogens (tertiary/aromatic N) is 1. The first-order valence-corrected chi connectivity index (χ1v) is 5.55. The average Bonchev–Trinajstić information content (AvgIpc) is 2.67. The van der Waals surface area contributed by atoms with Gasteiger partial charge in [-0.3, -0.25) is 4.79 Å². The fraction of sp³-hybridized carbons (Fsp3) is 0.556. The summed E-state index contributed by atoms with van der Waals surface area (Å²) in [6.07, 6.45) is 3.11. The largest absolute Gasteiger partial charge is 0.360 e. The van der Waals surface area contributed by atoms with Crippen LogP contribution in [-0.4, -0.2) is 22.9 Å². The highest BCUT2D eigenvalue weighted by molar-refractivity contribution is 7.99. The molecule has 0 amide bonds. The first kappa shape index (κ1) is 8.81. The lowest BCUT2D eigenvalue weighted by Gasteiger charge is -2.17. The van der Waals surface area contributed by atoms with E-state index >= 15 is 0 Å². The monoisotopic (exact) mass is 197 g/mol. The number of thioether (sulfide) groups is 1. The standard InChI is InChI=1S/C9H11NO2S/c11-5-8-4-9(12-10-8)7-2-1-3-13-6-7/h4-5,7H,1-3,6H2. The molecule has 2 rings (SSSR count). The van der Waals surface area contributed by atoms with Crippen molar-refractivity contribution in [3.8, 4) is 0 Å². The van der Waals surface area contributed by atoms with Crippen LogP contribution < -0.4 is 0 Å². The van der Waals surface area contributed by atoms with Crippen molar-refractivity contribution >= 4 is 18.0 Å². The minimum atomic E-state index is 0.408. The van der Waals surface area contributed by atoms with E-state index in [-0.39, 0.29) is 0 Å². The zero-order chi connectivity index (χ0) is 9.10. The summed E-state index contributed by atoms with van der Waals surface area (Å²) in [6.45, 7) is 0. The summed E-state index contributed by atoms with van der Waals surface area (Å²) in [6, 6.07) is 1.75. The maximum atomic E-state index is 10.4. The van der Waals surface area contributed by atoms with Crippen molar-refractivity contribution in [3.05, 3.63) is 17.5 Å². The van der Waals surface area contributed by atoms with E-state index < -0.39 is 0 Å². The lowest BCUT2D eigenvalue weighted by Crippen LogP contribution is -2.07. The van der Waals surface area contributed by atoms with Gasteiger partial charge in [0.05, 0.1) is 0 Å². The second-order valence-electron chi connectivity index (χ2n) is 3.19. The molecule has 1 fully saturated rings. The summed E-state index contributed by atoms with van der Waals surface area (Å²) in [5, 5.41) is 3.66. The van der Waals surface area contributed by atoms with Gasteiger partial charge >= 0.3 is 0 Å². The highest BCUT2D eigenvalue weighted by Crippen LogP contribution is 2.31. The molecule has 70 valence electrons. The van der Waals surface area contributed by atoms with Crippen LogP contribution in [0.3, 0.4) is 0 Å². The van der Waals surface area contributed by atoms with Gasteiger partial charge in [0.1, 0.15) is 11.5 Å². The number of aldehydes is 1. The molecular weight excluding hydrogens is 186 g/mol. The van der Waals surface area contributed by atoms with Gasteiger partial charge in [-0.05, 0) is 18.6 Å². The predicted molar refractivity (Wildman–Crippen MR) is 51.2 cm³/mol. The van der Waals surface area contributed by atoms with E-state index in [2.05, 4.69) is 5.16 Å². The zero-order valence-corrected chi connectivity index (χ0v) is 8.05. The highest BCUT2D eigenvalue weighted by atomic mass is 32.2. The lowest BCUT2D eigenvalue weighted by atomic mass is 10.0. The van der Waals surface area contributed by atoms with Crippen LogP contribution in [0, 0.1) is 0 Å². The molecule has 0 aromatic carbocycles. The van der Waals surface area contributed by atoms with E-state index in [1.807, 2.05) is 11.8 Å². The van der Waals surface area contributed by atoms with Crippen LogP contribution in [0.1, 0.15) is 35.0 Å².